The smallest absolute Gasteiger partial charge is 0.324 e. The number of rotatable bonds is 14. The maximum atomic E-state index is 13.7. The lowest BCUT2D eigenvalue weighted by molar-refractivity contribution is -0.168. The Morgan fingerprint density at radius 1 is 0.887 bits per heavy atom. The first-order valence-electron chi connectivity index (χ1n) is 20.2. The van der Waals surface area contributed by atoms with Gasteiger partial charge in [-0.15, -0.1) is 0 Å². The van der Waals surface area contributed by atoms with Gasteiger partial charge in [-0.2, -0.15) is 5.10 Å². The molecule has 18 nitrogen and oxygen atoms in total. The van der Waals surface area contributed by atoms with Crippen molar-refractivity contribution >= 4 is 63.9 Å². The summed E-state index contributed by atoms with van der Waals surface area (Å²) in [5, 5.41) is 15.8. The zero-order valence-electron chi connectivity index (χ0n) is 35.4. The number of hydrogen-bond acceptors (Lipinski definition) is 12. The lowest BCUT2D eigenvalue weighted by Gasteiger charge is -2.34. The number of hydrogen-bond donors (Lipinski definition) is 4. The van der Waals surface area contributed by atoms with Crippen LogP contribution in [0.3, 0.4) is 0 Å². The Kier molecular flexibility index (Phi) is 12.1. The number of likely N-dealkylation sites (tertiary alicyclic amines) is 1. The van der Waals surface area contributed by atoms with Crippen LogP contribution in [0.2, 0.25) is 0 Å². The van der Waals surface area contributed by atoms with Crippen LogP contribution in [0.15, 0.2) is 73.1 Å². The molecule has 5 aromatic rings. The minimum Gasteiger partial charge on any atom is -0.491 e. The molecule has 2 aliphatic rings. The largest absolute Gasteiger partial charge is 0.491 e. The molecule has 7 rings (SSSR count). The standard InChI is InChI=1S/C44H49N9O9/c1-43(2,3)34-23-35(50-49-34)48-42(59)47-26-10-12-27(13-11-26)51-24-46-31-22-28(14-15-32(31)51)61-21-20-60-19-18-45-30-9-7-8-29-37(30)40(57)53(38(29)55)33-16-17-36(54)52(39(33)56)25-62-41(58)44(4,5)6/h7-15,22-24,33,45H,16-21,25H2,1-6H3,(H3,47,48,49,50,59). The van der Waals surface area contributed by atoms with Gasteiger partial charge in [0.25, 0.3) is 17.7 Å². The summed E-state index contributed by atoms with van der Waals surface area (Å²) in [6.07, 6.45) is 1.58. The second kappa shape index (κ2) is 17.5. The number of esters is 1. The van der Waals surface area contributed by atoms with Gasteiger partial charge in [0.1, 0.15) is 24.7 Å². The number of urea groups is 1. The van der Waals surface area contributed by atoms with Gasteiger partial charge in [-0.1, -0.05) is 26.8 Å². The number of amides is 6. The van der Waals surface area contributed by atoms with E-state index in [4.69, 9.17) is 14.2 Å². The van der Waals surface area contributed by atoms with E-state index in [9.17, 15) is 28.8 Å². The molecule has 18 heteroatoms. The number of piperidine rings is 1. The molecule has 0 spiro atoms. The number of nitrogens with one attached hydrogen (secondary N) is 4. The van der Waals surface area contributed by atoms with Gasteiger partial charge < -0.3 is 24.8 Å². The summed E-state index contributed by atoms with van der Waals surface area (Å²) in [6.45, 7) is 11.6. The van der Waals surface area contributed by atoms with E-state index in [0.29, 0.717) is 29.5 Å². The highest BCUT2D eigenvalue weighted by Gasteiger charge is 2.48. The van der Waals surface area contributed by atoms with E-state index in [1.807, 2.05) is 41.0 Å². The number of fused-ring (bicyclic) bond motifs is 2. The summed E-state index contributed by atoms with van der Waals surface area (Å²) in [7, 11) is 0. The van der Waals surface area contributed by atoms with Crippen molar-refractivity contribution in [1.82, 2.24) is 29.5 Å². The van der Waals surface area contributed by atoms with Crippen molar-refractivity contribution in [2.24, 2.45) is 5.41 Å². The second-order valence-electron chi connectivity index (χ2n) is 16.9. The quantitative estimate of drug-likeness (QED) is 0.0587. The van der Waals surface area contributed by atoms with E-state index in [-0.39, 0.29) is 49.2 Å². The number of aromatic amines is 1. The van der Waals surface area contributed by atoms with Gasteiger partial charge in [0.05, 0.1) is 40.8 Å². The molecule has 0 saturated carbocycles. The van der Waals surface area contributed by atoms with E-state index >= 15 is 0 Å². The predicted octanol–water partition coefficient (Wildman–Crippen LogP) is 5.86. The zero-order chi connectivity index (χ0) is 44.3. The van der Waals surface area contributed by atoms with Crippen LogP contribution in [0.4, 0.5) is 22.0 Å². The number of H-pyrrole nitrogens is 1. The third-order valence-corrected chi connectivity index (χ3v) is 10.3. The minimum atomic E-state index is -1.22. The van der Waals surface area contributed by atoms with E-state index in [1.165, 1.54) is 6.07 Å². The fraction of sp³-hybridized carbons (Fsp3) is 0.364. The number of ether oxygens (including phenoxy) is 3. The average Bonchev–Trinajstić information content (AvgIpc) is 3.94. The summed E-state index contributed by atoms with van der Waals surface area (Å²) < 4.78 is 18.8. The molecule has 2 aliphatic heterocycles. The van der Waals surface area contributed by atoms with Gasteiger partial charge in [-0.25, -0.2) is 14.7 Å². The minimum absolute atomic E-state index is 0.0353. The summed E-state index contributed by atoms with van der Waals surface area (Å²) in [4.78, 5) is 84.2. The molecular formula is C44H49N9O9. The number of nitrogens with zero attached hydrogens (tertiary/aromatic N) is 5. The first-order valence-corrected chi connectivity index (χ1v) is 20.2. The van der Waals surface area contributed by atoms with Crippen molar-refractivity contribution in [2.45, 2.75) is 65.8 Å². The Morgan fingerprint density at radius 2 is 1.66 bits per heavy atom. The van der Waals surface area contributed by atoms with E-state index in [2.05, 4.69) is 51.9 Å². The molecule has 62 heavy (non-hydrogen) atoms. The molecule has 1 atom stereocenters. The number of aromatic nitrogens is 4. The Hall–Kier alpha value is -7.08. The second-order valence-corrected chi connectivity index (χ2v) is 16.9. The third kappa shape index (κ3) is 9.29. The lowest BCUT2D eigenvalue weighted by atomic mass is 9.92. The highest BCUT2D eigenvalue weighted by molar-refractivity contribution is 6.25. The molecule has 6 amide bonds. The molecule has 324 valence electrons. The first-order chi connectivity index (χ1) is 29.5. The molecule has 3 aromatic carbocycles. The Bertz CT molecular complexity index is 2530. The Morgan fingerprint density at radius 3 is 2.39 bits per heavy atom. The Labute approximate surface area is 357 Å². The van der Waals surface area contributed by atoms with Crippen LogP contribution < -0.4 is 20.7 Å². The van der Waals surface area contributed by atoms with Crippen LogP contribution in [-0.2, 0) is 29.3 Å². The van der Waals surface area contributed by atoms with Gasteiger partial charge in [0, 0.05) is 53.3 Å². The number of imide groups is 2. The SMILES string of the molecule is CC(C)(C)C(=O)OCN1C(=O)CCC(N2C(=O)c3cccc(NCCOCCOc4ccc5c(c4)ncn5-c4ccc(NC(=O)Nc5cc(C(C)(C)C)[nH]n5)cc4)c3C2=O)C1=O. The van der Waals surface area contributed by atoms with Crippen molar-refractivity contribution < 1.29 is 43.0 Å². The van der Waals surface area contributed by atoms with Gasteiger partial charge in [0.2, 0.25) is 5.91 Å². The van der Waals surface area contributed by atoms with Crippen LogP contribution in [0.1, 0.15) is 80.8 Å². The topological polar surface area (TPSA) is 219 Å². The number of anilines is 3. The number of carbonyl (C=O) groups excluding carboxylic acids is 6. The van der Waals surface area contributed by atoms with Gasteiger partial charge in [-0.3, -0.25) is 43.9 Å². The maximum Gasteiger partial charge on any atom is 0.324 e. The van der Waals surface area contributed by atoms with E-state index < -0.39 is 53.8 Å². The molecule has 4 heterocycles. The highest BCUT2D eigenvalue weighted by atomic mass is 16.5. The molecule has 1 unspecified atom stereocenters. The lowest BCUT2D eigenvalue weighted by Crippen LogP contribution is -2.56. The van der Waals surface area contributed by atoms with Crippen LogP contribution >= 0.6 is 0 Å². The number of carbonyl (C=O) groups is 6. The summed E-state index contributed by atoms with van der Waals surface area (Å²) in [5.41, 5.74) is 3.66. The van der Waals surface area contributed by atoms with Crippen molar-refractivity contribution in [3.8, 4) is 11.4 Å². The number of benzene rings is 3. The molecule has 1 fully saturated rings. The monoisotopic (exact) mass is 847 g/mol. The summed E-state index contributed by atoms with van der Waals surface area (Å²) >= 11 is 0. The van der Waals surface area contributed by atoms with Gasteiger partial charge >= 0.3 is 12.0 Å². The molecule has 1 saturated heterocycles. The fourth-order valence-electron chi connectivity index (χ4n) is 6.89. The van der Waals surface area contributed by atoms with Crippen LogP contribution in [0, 0.1) is 5.41 Å². The van der Waals surface area contributed by atoms with Gasteiger partial charge in [0.15, 0.2) is 12.5 Å². The number of imidazole rings is 1. The van der Waals surface area contributed by atoms with Crippen LogP contribution in [0.25, 0.3) is 16.7 Å². The van der Waals surface area contributed by atoms with Crippen molar-refractivity contribution in [1.29, 1.82) is 0 Å². The molecule has 0 bridgehead atoms. The molecule has 2 aromatic heterocycles. The van der Waals surface area contributed by atoms with Gasteiger partial charge in [-0.05, 0) is 75.7 Å². The molecular weight excluding hydrogens is 799 g/mol. The molecule has 0 aliphatic carbocycles. The summed E-state index contributed by atoms with van der Waals surface area (Å²) in [6, 6.07) is 18.0. The predicted molar refractivity (Wildman–Crippen MR) is 228 cm³/mol. The Balaban J connectivity index is 0.860. The molecule has 4 N–H and O–H groups in total. The maximum absolute atomic E-state index is 13.7. The van der Waals surface area contributed by atoms with Crippen LogP contribution in [-0.4, -0.2) is 104 Å². The normalized spacial score (nSPS) is 15.5. The van der Waals surface area contributed by atoms with Crippen molar-refractivity contribution in [3.05, 3.63) is 89.9 Å². The fourth-order valence-corrected chi connectivity index (χ4v) is 6.89. The summed E-state index contributed by atoms with van der Waals surface area (Å²) in [5.74, 6) is -2.18. The van der Waals surface area contributed by atoms with Crippen LogP contribution in [0.5, 0.6) is 5.75 Å². The average molecular weight is 848 g/mol. The van der Waals surface area contributed by atoms with E-state index in [0.717, 1.165) is 32.2 Å². The first kappa shape index (κ1) is 43.0. The molecule has 0 radical (unpaired) electrons. The van der Waals surface area contributed by atoms with E-state index in [1.54, 1.807) is 51.4 Å². The highest BCUT2D eigenvalue weighted by Crippen LogP contribution is 2.34. The zero-order valence-corrected chi connectivity index (χ0v) is 35.4. The third-order valence-electron chi connectivity index (χ3n) is 10.3. The van der Waals surface area contributed by atoms with Crippen molar-refractivity contribution in [2.75, 3.05) is 49.0 Å². The van der Waals surface area contributed by atoms with Crippen molar-refractivity contribution in [3.63, 3.8) is 0 Å².